The van der Waals surface area contributed by atoms with Gasteiger partial charge in [0.25, 0.3) is 0 Å². The van der Waals surface area contributed by atoms with Gasteiger partial charge in [0.05, 0.1) is 6.42 Å². The molecule has 0 radical (unpaired) electrons. The van der Waals surface area contributed by atoms with Gasteiger partial charge in [-0.15, -0.1) is 11.3 Å². The van der Waals surface area contributed by atoms with Crippen LogP contribution in [0, 0.1) is 6.92 Å². The fraction of sp³-hybridized carbons (Fsp3) is 0.733. The van der Waals surface area contributed by atoms with Gasteiger partial charge >= 0.3 is 0 Å². The standard InChI is InChI=1S/C15H23NO2S/c1-3-18-15(8-6-4-5-7-9-15)13(17)10-14-16-12(2)11-19-14/h11H,3-10H2,1-2H3. The van der Waals surface area contributed by atoms with E-state index in [2.05, 4.69) is 4.98 Å². The molecule has 0 bridgehead atoms. The zero-order valence-electron chi connectivity index (χ0n) is 11.9. The van der Waals surface area contributed by atoms with Crippen LogP contribution in [0.4, 0.5) is 0 Å². The van der Waals surface area contributed by atoms with Crippen molar-refractivity contribution in [3.05, 3.63) is 16.1 Å². The van der Waals surface area contributed by atoms with Gasteiger partial charge in [-0.1, -0.05) is 25.7 Å². The third kappa shape index (κ3) is 3.63. The van der Waals surface area contributed by atoms with Crippen LogP contribution in [0.25, 0.3) is 0 Å². The Kier molecular flexibility index (Phi) is 5.11. The van der Waals surface area contributed by atoms with Gasteiger partial charge in [-0.2, -0.15) is 0 Å². The van der Waals surface area contributed by atoms with Crippen molar-refractivity contribution in [3.8, 4) is 0 Å². The van der Waals surface area contributed by atoms with Gasteiger partial charge in [0.1, 0.15) is 10.6 Å². The second-order valence-electron chi connectivity index (χ2n) is 5.32. The van der Waals surface area contributed by atoms with Gasteiger partial charge in [-0.25, -0.2) is 4.98 Å². The molecule has 0 unspecified atom stereocenters. The molecule has 0 amide bonds. The molecule has 1 saturated carbocycles. The zero-order chi connectivity index (χ0) is 13.7. The maximum absolute atomic E-state index is 12.7. The highest BCUT2D eigenvalue weighted by Crippen LogP contribution is 2.32. The first kappa shape index (κ1) is 14.7. The number of carbonyl (C=O) groups excluding carboxylic acids is 1. The van der Waals surface area contributed by atoms with Crippen molar-refractivity contribution in [1.29, 1.82) is 0 Å². The van der Waals surface area contributed by atoms with Crippen LogP contribution in [0.3, 0.4) is 0 Å². The first-order valence-electron chi connectivity index (χ1n) is 7.24. The summed E-state index contributed by atoms with van der Waals surface area (Å²) in [6.07, 6.45) is 6.83. The first-order chi connectivity index (χ1) is 9.16. The predicted octanol–water partition coefficient (Wildman–Crippen LogP) is 3.69. The van der Waals surface area contributed by atoms with Crippen molar-refractivity contribution >= 4 is 17.1 Å². The minimum atomic E-state index is -0.537. The van der Waals surface area contributed by atoms with Crippen LogP contribution in [0.5, 0.6) is 0 Å². The number of carbonyl (C=O) groups is 1. The summed E-state index contributed by atoms with van der Waals surface area (Å²) >= 11 is 1.58. The van der Waals surface area contributed by atoms with Crippen molar-refractivity contribution in [2.24, 2.45) is 0 Å². The third-order valence-electron chi connectivity index (χ3n) is 3.82. The summed E-state index contributed by atoms with van der Waals surface area (Å²) in [6, 6.07) is 0. The lowest BCUT2D eigenvalue weighted by molar-refractivity contribution is -0.145. The highest BCUT2D eigenvalue weighted by atomic mass is 32.1. The second-order valence-corrected chi connectivity index (χ2v) is 6.27. The fourth-order valence-electron chi connectivity index (χ4n) is 2.86. The largest absolute Gasteiger partial charge is 0.367 e. The van der Waals surface area contributed by atoms with E-state index in [-0.39, 0.29) is 5.78 Å². The van der Waals surface area contributed by atoms with Crippen molar-refractivity contribution in [2.45, 2.75) is 64.4 Å². The number of ether oxygens (including phenoxy) is 1. The smallest absolute Gasteiger partial charge is 0.171 e. The van der Waals surface area contributed by atoms with E-state index in [0.29, 0.717) is 13.0 Å². The zero-order valence-corrected chi connectivity index (χ0v) is 12.7. The Morgan fingerprint density at radius 1 is 1.37 bits per heavy atom. The van der Waals surface area contributed by atoms with Crippen LogP contribution < -0.4 is 0 Å². The molecule has 0 aromatic carbocycles. The van der Waals surface area contributed by atoms with E-state index < -0.39 is 5.60 Å². The molecule has 19 heavy (non-hydrogen) atoms. The number of aryl methyl sites for hydroxylation is 1. The number of ketones is 1. The van der Waals surface area contributed by atoms with Gasteiger partial charge in [-0.05, 0) is 26.7 Å². The molecular formula is C15H23NO2S. The fourth-order valence-corrected chi connectivity index (χ4v) is 3.63. The summed E-state index contributed by atoms with van der Waals surface area (Å²) in [6.45, 7) is 4.56. The molecule has 1 aromatic rings. The van der Waals surface area contributed by atoms with Crippen molar-refractivity contribution in [3.63, 3.8) is 0 Å². The minimum absolute atomic E-state index is 0.227. The Labute approximate surface area is 119 Å². The lowest BCUT2D eigenvalue weighted by Crippen LogP contribution is -2.42. The van der Waals surface area contributed by atoms with Gasteiger partial charge in [-0.3, -0.25) is 4.79 Å². The van der Waals surface area contributed by atoms with E-state index in [1.165, 1.54) is 12.8 Å². The Hall–Kier alpha value is -0.740. The average molecular weight is 281 g/mol. The first-order valence-corrected chi connectivity index (χ1v) is 8.12. The highest BCUT2D eigenvalue weighted by Gasteiger charge is 2.39. The number of nitrogens with zero attached hydrogens (tertiary/aromatic N) is 1. The van der Waals surface area contributed by atoms with Gasteiger partial charge < -0.3 is 4.74 Å². The molecule has 0 atom stereocenters. The van der Waals surface area contributed by atoms with Crippen LogP contribution in [0.15, 0.2) is 5.38 Å². The van der Waals surface area contributed by atoms with Crippen LogP contribution in [0.2, 0.25) is 0 Å². The van der Waals surface area contributed by atoms with Crippen LogP contribution in [0.1, 0.15) is 56.2 Å². The van der Waals surface area contributed by atoms with E-state index in [9.17, 15) is 4.79 Å². The quantitative estimate of drug-likeness (QED) is 0.773. The van der Waals surface area contributed by atoms with E-state index in [4.69, 9.17) is 4.74 Å². The van der Waals surface area contributed by atoms with Gasteiger partial charge in [0.15, 0.2) is 5.78 Å². The molecule has 0 aliphatic heterocycles. The molecule has 1 aromatic heterocycles. The van der Waals surface area contributed by atoms with Crippen LogP contribution in [-0.2, 0) is 16.0 Å². The Balaban J connectivity index is 2.10. The van der Waals surface area contributed by atoms with E-state index in [1.807, 2.05) is 19.2 Å². The van der Waals surface area contributed by atoms with E-state index in [1.54, 1.807) is 11.3 Å². The molecule has 1 heterocycles. The lowest BCUT2D eigenvalue weighted by atomic mass is 9.88. The Bertz CT molecular complexity index is 420. The summed E-state index contributed by atoms with van der Waals surface area (Å²) in [5.41, 5.74) is 0.462. The number of thiazole rings is 1. The third-order valence-corrected chi connectivity index (χ3v) is 4.79. The molecule has 106 valence electrons. The predicted molar refractivity (Wildman–Crippen MR) is 77.6 cm³/mol. The molecule has 0 saturated heterocycles. The maximum atomic E-state index is 12.7. The highest BCUT2D eigenvalue weighted by molar-refractivity contribution is 7.09. The van der Waals surface area contributed by atoms with Crippen molar-refractivity contribution in [2.75, 3.05) is 6.61 Å². The summed E-state index contributed by atoms with van der Waals surface area (Å²) in [5.74, 6) is 0.227. The topological polar surface area (TPSA) is 39.2 Å². The van der Waals surface area contributed by atoms with E-state index >= 15 is 0 Å². The number of hydrogen-bond acceptors (Lipinski definition) is 4. The molecule has 4 heteroatoms. The molecule has 0 N–H and O–H groups in total. The maximum Gasteiger partial charge on any atom is 0.171 e. The normalized spacial score (nSPS) is 19.1. The Morgan fingerprint density at radius 2 is 2.05 bits per heavy atom. The molecule has 1 aliphatic rings. The summed E-state index contributed by atoms with van der Waals surface area (Å²) in [5, 5.41) is 2.93. The molecule has 2 rings (SSSR count). The molecule has 0 spiro atoms. The van der Waals surface area contributed by atoms with Crippen LogP contribution in [-0.4, -0.2) is 23.0 Å². The molecule has 1 aliphatic carbocycles. The van der Waals surface area contributed by atoms with Crippen LogP contribution >= 0.6 is 11.3 Å². The SMILES string of the molecule is CCOC1(C(=O)Cc2nc(C)cs2)CCCCCC1. The summed E-state index contributed by atoms with van der Waals surface area (Å²) in [7, 11) is 0. The number of aromatic nitrogens is 1. The average Bonchev–Trinajstić information content (AvgIpc) is 2.65. The monoisotopic (exact) mass is 281 g/mol. The summed E-state index contributed by atoms with van der Waals surface area (Å²) < 4.78 is 5.92. The Morgan fingerprint density at radius 3 is 2.58 bits per heavy atom. The van der Waals surface area contributed by atoms with Gasteiger partial charge in [0, 0.05) is 17.7 Å². The number of rotatable bonds is 5. The van der Waals surface area contributed by atoms with Gasteiger partial charge in [0.2, 0.25) is 0 Å². The van der Waals surface area contributed by atoms with Crippen molar-refractivity contribution < 1.29 is 9.53 Å². The second kappa shape index (κ2) is 6.62. The molecule has 3 nitrogen and oxygen atoms in total. The number of Topliss-reactive ketones (excluding diaryl/α,β-unsaturated/α-hetero) is 1. The van der Waals surface area contributed by atoms with E-state index in [0.717, 1.165) is 36.4 Å². The van der Waals surface area contributed by atoms with Crippen molar-refractivity contribution in [1.82, 2.24) is 4.98 Å². The number of hydrogen-bond donors (Lipinski definition) is 0. The lowest BCUT2D eigenvalue weighted by Gasteiger charge is -2.30. The molecular weight excluding hydrogens is 258 g/mol. The minimum Gasteiger partial charge on any atom is -0.367 e. The molecule has 1 fully saturated rings. The summed E-state index contributed by atoms with van der Waals surface area (Å²) in [4.78, 5) is 17.1.